The largest absolute Gasteiger partial charge is 0.367 e. The average Bonchev–Trinajstić information content (AvgIpc) is 2.42. The molecule has 18 heavy (non-hydrogen) atoms. The fourth-order valence-corrected chi connectivity index (χ4v) is 2.71. The van der Waals surface area contributed by atoms with Crippen molar-refractivity contribution in [3.63, 3.8) is 0 Å². The zero-order chi connectivity index (χ0) is 13.8. The van der Waals surface area contributed by atoms with Crippen LogP contribution in [0.4, 0.5) is 0 Å². The van der Waals surface area contributed by atoms with Crippen LogP contribution in [0.2, 0.25) is 0 Å². The molecule has 1 aliphatic rings. The Balaban J connectivity index is 2.42. The van der Waals surface area contributed by atoms with Gasteiger partial charge >= 0.3 is 5.97 Å². The van der Waals surface area contributed by atoms with E-state index >= 15 is 0 Å². The average molecular weight is 273 g/mol. The number of carbonyl (C=O) groups is 2. The maximum absolute atomic E-state index is 11.8. The highest BCUT2D eigenvalue weighted by atomic mass is 32.2. The Labute approximate surface area is 113 Å². The first-order valence-corrected chi connectivity index (χ1v) is 7.31. The van der Waals surface area contributed by atoms with Crippen LogP contribution >= 0.6 is 11.8 Å². The first-order chi connectivity index (χ1) is 8.29. The van der Waals surface area contributed by atoms with Crippen LogP contribution in [0.25, 0.3) is 0 Å². The molecule has 0 aromatic rings. The molecular formula is C13H23NO3S. The van der Waals surface area contributed by atoms with Crippen molar-refractivity contribution in [3.8, 4) is 0 Å². The molecule has 0 aliphatic carbocycles. The molecule has 0 bridgehead atoms. The second-order valence-corrected chi connectivity index (χ2v) is 7.20. The molecule has 1 heterocycles. The summed E-state index contributed by atoms with van der Waals surface area (Å²) in [5.41, 5.74) is -0.472. The predicted octanol–water partition coefficient (Wildman–Crippen LogP) is 2.62. The molecule has 4 nitrogen and oxygen atoms in total. The first-order valence-electron chi connectivity index (χ1n) is 6.43. The van der Waals surface area contributed by atoms with Crippen LogP contribution in [0.15, 0.2) is 0 Å². The summed E-state index contributed by atoms with van der Waals surface area (Å²) >= 11 is 1.41. The molecule has 5 heteroatoms. The second-order valence-electron chi connectivity index (χ2n) is 5.72. The van der Waals surface area contributed by atoms with E-state index in [1.807, 2.05) is 20.8 Å². The SMILES string of the molecule is CC(=O)SC1CCCN(OC(=O)C(C)(C)C)CC1. The maximum Gasteiger partial charge on any atom is 0.330 e. The normalized spacial score (nSPS) is 22.3. The van der Waals surface area contributed by atoms with Crippen LogP contribution in [0, 0.1) is 5.41 Å². The van der Waals surface area contributed by atoms with E-state index in [0.29, 0.717) is 11.8 Å². The Morgan fingerprint density at radius 1 is 1.22 bits per heavy atom. The molecule has 0 radical (unpaired) electrons. The van der Waals surface area contributed by atoms with Crippen molar-refractivity contribution in [3.05, 3.63) is 0 Å². The molecule has 0 N–H and O–H groups in total. The van der Waals surface area contributed by atoms with Gasteiger partial charge in [0.05, 0.1) is 5.41 Å². The molecule has 1 aliphatic heterocycles. The van der Waals surface area contributed by atoms with Crippen LogP contribution < -0.4 is 0 Å². The highest BCUT2D eigenvalue weighted by molar-refractivity contribution is 8.14. The zero-order valence-electron chi connectivity index (χ0n) is 11.7. The minimum atomic E-state index is -0.472. The Hall–Kier alpha value is -0.550. The van der Waals surface area contributed by atoms with E-state index in [4.69, 9.17) is 4.84 Å². The molecule has 1 fully saturated rings. The molecule has 104 valence electrons. The molecule has 0 saturated carbocycles. The Morgan fingerprint density at radius 3 is 2.44 bits per heavy atom. The van der Waals surface area contributed by atoms with Gasteiger partial charge in [0, 0.05) is 25.3 Å². The highest BCUT2D eigenvalue weighted by Crippen LogP contribution is 2.25. The van der Waals surface area contributed by atoms with Gasteiger partial charge in [-0.1, -0.05) is 11.8 Å². The summed E-state index contributed by atoms with van der Waals surface area (Å²) in [6, 6.07) is 0. The summed E-state index contributed by atoms with van der Waals surface area (Å²) in [4.78, 5) is 28.2. The van der Waals surface area contributed by atoms with Crippen LogP contribution in [0.1, 0.15) is 47.0 Å². The van der Waals surface area contributed by atoms with Gasteiger partial charge in [0.15, 0.2) is 5.12 Å². The van der Waals surface area contributed by atoms with Crippen LogP contribution in [0.3, 0.4) is 0 Å². The van der Waals surface area contributed by atoms with Gasteiger partial charge in [-0.25, -0.2) is 4.79 Å². The standard InChI is InChI=1S/C13H23NO3S/c1-10(15)18-11-6-5-8-14(9-7-11)17-12(16)13(2,3)4/h11H,5-9H2,1-4H3. The number of thioether (sulfide) groups is 1. The third-order valence-corrected chi connectivity index (χ3v) is 3.93. The number of nitrogens with zero attached hydrogens (tertiary/aromatic N) is 1. The monoisotopic (exact) mass is 273 g/mol. The number of carbonyl (C=O) groups excluding carboxylic acids is 2. The van der Waals surface area contributed by atoms with Gasteiger partial charge in [-0.3, -0.25) is 4.79 Å². The van der Waals surface area contributed by atoms with Gasteiger partial charge < -0.3 is 4.84 Å². The zero-order valence-corrected chi connectivity index (χ0v) is 12.5. The summed E-state index contributed by atoms with van der Waals surface area (Å²) < 4.78 is 0. The van der Waals surface area contributed by atoms with Crippen molar-refractivity contribution in [1.82, 2.24) is 5.06 Å². The number of hydroxylamine groups is 2. The van der Waals surface area contributed by atoms with E-state index in [1.54, 1.807) is 12.0 Å². The van der Waals surface area contributed by atoms with Crippen molar-refractivity contribution in [2.45, 2.75) is 52.2 Å². The van der Waals surface area contributed by atoms with E-state index in [9.17, 15) is 9.59 Å². The summed E-state index contributed by atoms with van der Waals surface area (Å²) in [5.74, 6) is -0.194. The molecule has 0 aromatic heterocycles. The minimum absolute atomic E-state index is 0.167. The summed E-state index contributed by atoms with van der Waals surface area (Å²) in [7, 11) is 0. The van der Waals surface area contributed by atoms with Gasteiger partial charge in [0.1, 0.15) is 0 Å². The third kappa shape index (κ3) is 5.40. The molecule has 0 spiro atoms. The molecule has 0 aromatic carbocycles. The Bertz CT molecular complexity index is 312. The van der Waals surface area contributed by atoms with Crippen molar-refractivity contribution in [1.29, 1.82) is 0 Å². The van der Waals surface area contributed by atoms with Crippen molar-refractivity contribution >= 4 is 22.8 Å². The molecule has 0 amide bonds. The number of hydrogen-bond donors (Lipinski definition) is 0. The van der Waals surface area contributed by atoms with Gasteiger partial charge in [0.2, 0.25) is 0 Å². The van der Waals surface area contributed by atoms with Crippen LogP contribution in [0.5, 0.6) is 0 Å². The smallest absolute Gasteiger partial charge is 0.330 e. The third-order valence-electron chi connectivity index (χ3n) is 2.79. The highest BCUT2D eigenvalue weighted by Gasteiger charge is 2.27. The molecule has 1 rings (SSSR count). The Kier molecular flexibility index (Phi) is 5.66. The first kappa shape index (κ1) is 15.5. The maximum atomic E-state index is 11.8. The molecule has 1 unspecified atom stereocenters. The summed E-state index contributed by atoms with van der Waals surface area (Å²) in [6.45, 7) is 8.63. The molecule has 1 atom stereocenters. The Morgan fingerprint density at radius 2 is 1.89 bits per heavy atom. The summed E-state index contributed by atoms with van der Waals surface area (Å²) in [5, 5.41) is 2.27. The lowest BCUT2D eigenvalue weighted by Gasteiger charge is -2.24. The van der Waals surface area contributed by atoms with Gasteiger partial charge in [-0.2, -0.15) is 0 Å². The molecule has 1 saturated heterocycles. The van der Waals surface area contributed by atoms with Crippen molar-refractivity contribution in [2.75, 3.05) is 13.1 Å². The van der Waals surface area contributed by atoms with E-state index in [1.165, 1.54) is 11.8 Å². The van der Waals surface area contributed by atoms with Gasteiger partial charge in [-0.15, -0.1) is 5.06 Å². The van der Waals surface area contributed by atoms with Crippen molar-refractivity contribution < 1.29 is 14.4 Å². The van der Waals surface area contributed by atoms with E-state index in [0.717, 1.165) is 25.8 Å². The minimum Gasteiger partial charge on any atom is -0.367 e. The number of rotatable bonds is 2. The van der Waals surface area contributed by atoms with E-state index < -0.39 is 5.41 Å². The van der Waals surface area contributed by atoms with Gasteiger partial charge in [-0.05, 0) is 40.0 Å². The van der Waals surface area contributed by atoms with Crippen molar-refractivity contribution in [2.24, 2.45) is 5.41 Å². The second kappa shape index (κ2) is 6.57. The van der Waals surface area contributed by atoms with Gasteiger partial charge in [0.25, 0.3) is 0 Å². The van der Waals surface area contributed by atoms with Crippen LogP contribution in [-0.2, 0) is 14.4 Å². The van der Waals surface area contributed by atoms with E-state index in [-0.39, 0.29) is 11.1 Å². The molecular weight excluding hydrogens is 250 g/mol. The lowest BCUT2D eigenvalue weighted by atomic mass is 9.98. The summed E-state index contributed by atoms with van der Waals surface area (Å²) in [6.07, 6.45) is 2.86. The number of hydrogen-bond acceptors (Lipinski definition) is 5. The quantitative estimate of drug-likeness (QED) is 0.774. The topological polar surface area (TPSA) is 46.6 Å². The lowest BCUT2D eigenvalue weighted by Crippen LogP contribution is -2.34. The fourth-order valence-electron chi connectivity index (χ4n) is 1.74. The van der Waals surface area contributed by atoms with Crippen LogP contribution in [-0.4, -0.2) is 34.5 Å². The lowest BCUT2D eigenvalue weighted by molar-refractivity contribution is -0.199. The van der Waals surface area contributed by atoms with E-state index in [2.05, 4.69) is 0 Å². The fraction of sp³-hybridized carbons (Fsp3) is 0.846. The predicted molar refractivity (Wildman–Crippen MR) is 73.0 cm³/mol.